The molecule has 0 atom stereocenters. The number of rotatable bonds is 4. The smallest absolute Gasteiger partial charge is 0.0739 e. The van der Waals surface area contributed by atoms with Gasteiger partial charge in [0.25, 0.3) is 0 Å². The van der Waals surface area contributed by atoms with Crippen LogP contribution in [0.2, 0.25) is 0 Å². The van der Waals surface area contributed by atoms with E-state index in [0.29, 0.717) is 0 Å². The first kappa shape index (κ1) is 16.1. The van der Waals surface area contributed by atoms with Crippen LogP contribution in [-0.2, 0) is 0 Å². The van der Waals surface area contributed by atoms with Crippen molar-refractivity contribution in [2.45, 2.75) is 44.9 Å². The zero-order valence-electron chi connectivity index (χ0n) is 13.7. The van der Waals surface area contributed by atoms with Gasteiger partial charge in [0.1, 0.15) is 0 Å². The second-order valence-corrected chi connectivity index (χ2v) is 6.68. The van der Waals surface area contributed by atoms with Gasteiger partial charge in [-0.25, -0.2) is 0 Å². The second-order valence-electron chi connectivity index (χ2n) is 6.50. The summed E-state index contributed by atoms with van der Waals surface area (Å²) >= 11 is 4.63. The Kier molecular flexibility index (Phi) is 5.38. The Morgan fingerprint density at radius 2 is 1.48 bits per heavy atom. The van der Waals surface area contributed by atoms with Crippen LogP contribution in [0.4, 0.5) is 5.69 Å². The molecule has 2 aromatic rings. The Morgan fingerprint density at radius 3 is 2.00 bits per heavy atom. The summed E-state index contributed by atoms with van der Waals surface area (Å²) in [6.07, 6.45) is 6.83. The molecular formula is C21H23NS. The van der Waals surface area contributed by atoms with Gasteiger partial charge in [0.15, 0.2) is 0 Å². The number of hydrogen-bond donors (Lipinski definition) is 0. The maximum absolute atomic E-state index is 4.63. The molecule has 0 unspecified atom stereocenters. The van der Waals surface area contributed by atoms with E-state index in [9.17, 15) is 0 Å². The monoisotopic (exact) mass is 321 g/mol. The van der Waals surface area contributed by atoms with E-state index in [1.807, 2.05) is 12.1 Å². The molecule has 0 aromatic heterocycles. The Labute approximate surface area is 144 Å². The summed E-state index contributed by atoms with van der Waals surface area (Å²) in [6, 6.07) is 17.3. The average Bonchev–Trinajstić information content (AvgIpc) is 2.63. The molecule has 23 heavy (non-hydrogen) atoms. The molecule has 0 N–H and O–H groups in total. The summed E-state index contributed by atoms with van der Waals surface area (Å²) in [5.74, 6) is 1.71. The van der Waals surface area contributed by atoms with Crippen LogP contribution in [0.5, 0.6) is 0 Å². The molecule has 2 heteroatoms. The third-order valence-electron chi connectivity index (χ3n) is 5.18. The van der Waals surface area contributed by atoms with Gasteiger partial charge >= 0.3 is 0 Å². The van der Waals surface area contributed by atoms with Crippen LogP contribution >= 0.6 is 12.2 Å². The molecule has 0 radical (unpaired) electrons. The van der Waals surface area contributed by atoms with Crippen LogP contribution in [0.15, 0.2) is 53.5 Å². The summed E-state index contributed by atoms with van der Waals surface area (Å²) in [5.41, 5.74) is 4.83. The minimum Gasteiger partial charge on any atom is -0.195 e. The predicted molar refractivity (Wildman–Crippen MR) is 102 cm³/mol. The normalized spacial score (nSPS) is 20.7. The highest BCUT2D eigenvalue weighted by Gasteiger charge is 2.21. The van der Waals surface area contributed by atoms with Gasteiger partial charge in [-0.1, -0.05) is 49.7 Å². The SMILES string of the molecule is CCC1CCC(c2ccc(-c3ccc(N=C=S)cc3)cc2)CC1. The average molecular weight is 321 g/mol. The van der Waals surface area contributed by atoms with Crippen molar-refractivity contribution in [2.75, 3.05) is 0 Å². The molecular weight excluding hydrogens is 298 g/mol. The van der Waals surface area contributed by atoms with Crippen LogP contribution in [-0.4, -0.2) is 5.16 Å². The van der Waals surface area contributed by atoms with E-state index in [2.05, 4.69) is 65.7 Å². The van der Waals surface area contributed by atoms with Gasteiger partial charge in [0.2, 0.25) is 0 Å². The van der Waals surface area contributed by atoms with Crippen molar-refractivity contribution in [3.8, 4) is 11.1 Å². The Hall–Kier alpha value is -1.76. The quantitative estimate of drug-likeness (QED) is 0.447. The lowest BCUT2D eigenvalue weighted by Crippen LogP contribution is -2.12. The molecule has 1 saturated carbocycles. The maximum atomic E-state index is 4.63. The van der Waals surface area contributed by atoms with Crippen LogP contribution < -0.4 is 0 Å². The van der Waals surface area contributed by atoms with E-state index in [4.69, 9.17) is 0 Å². The number of isothiocyanates is 1. The van der Waals surface area contributed by atoms with Gasteiger partial charge in [0, 0.05) is 0 Å². The fraction of sp³-hybridized carbons (Fsp3) is 0.381. The molecule has 3 rings (SSSR count). The molecule has 0 spiro atoms. The molecule has 2 aromatic carbocycles. The van der Waals surface area contributed by atoms with Gasteiger partial charge in [-0.3, -0.25) is 0 Å². The van der Waals surface area contributed by atoms with Crippen molar-refractivity contribution in [1.29, 1.82) is 0 Å². The lowest BCUT2D eigenvalue weighted by molar-refractivity contribution is 0.319. The first-order chi connectivity index (χ1) is 11.3. The van der Waals surface area contributed by atoms with E-state index in [1.165, 1.54) is 48.8 Å². The van der Waals surface area contributed by atoms with Crippen molar-refractivity contribution in [2.24, 2.45) is 10.9 Å². The highest BCUT2D eigenvalue weighted by Crippen LogP contribution is 2.37. The van der Waals surface area contributed by atoms with Gasteiger partial charge < -0.3 is 0 Å². The molecule has 0 heterocycles. The fourth-order valence-corrected chi connectivity index (χ4v) is 3.74. The minimum absolute atomic E-state index is 0.756. The zero-order chi connectivity index (χ0) is 16.1. The van der Waals surface area contributed by atoms with E-state index < -0.39 is 0 Å². The second kappa shape index (κ2) is 7.68. The summed E-state index contributed by atoms with van der Waals surface area (Å²) in [4.78, 5) is 3.99. The molecule has 1 nitrogen and oxygen atoms in total. The van der Waals surface area contributed by atoms with Gasteiger partial charge in [-0.15, -0.1) is 0 Å². The molecule has 118 valence electrons. The largest absolute Gasteiger partial charge is 0.195 e. The number of nitrogens with zero attached hydrogens (tertiary/aromatic N) is 1. The van der Waals surface area contributed by atoms with Gasteiger partial charge in [0.05, 0.1) is 10.8 Å². The highest BCUT2D eigenvalue weighted by molar-refractivity contribution is 7.78. The zero-order valence-corrected chi connectivity index (χ0v) is 14.5. The lowest BCUT2D eigenvalue weighted by Gasteiger charge is -2.28. The number of aliphatic imine (C=N–C) groups is 1. The molecule has 1 aliphatic rings. The standard InChI is InChI=1S/C21H23NS/c1-2-16-3-5-17(6-4-16)18-7-9-19(10-8-18)20-11-13-21(14-12-20)22-15-23/h7-14,16-17H,2-6H2,1H3. The van der Waals surface area contributed by atoms with Gasteiger partial charge in [-0.2, -0.15) is 4.99 Å². The molecule has 0 bridgehead atoms. The Bertz CT molecular complexity index is 673. The van der Waals surface area contributed by atoms with Crippen molar-refractivity contribution in [3.05, 3.63) is 54.1 Å². The van der Waals surface area contributed by atoms with Crippen LogP contribution in [0, 0.1) is 5.92 Å². The van der Waals surface area contributed by atoms with E-state index >= 15 is 0 Å². The number of hydrogen-bond acceptors (Lipinski definition) is 2. The highest BCUT2D eigenvalue weighted by atomic mass is 32.1. The summed E-state index contributed by atoms with van der Waals surface area (Å²) in [6.45, 7) is 2.32. The van der Waals surface area contributed by atoms with Gasteiger partial charge in [-0.05, 0) is 78.6 Å². The van der Waals surface area contributed by atoms with Crippen molar-refractivity contribution in [1.82, 2.24) is 0 Å². The van der Waals surface area contributed by atoms with E-state index in [0.717, 1.165) is 17.5 Å². The van der Waals surface area contributed by atoms with Crippen molar-refractivity contribution in [3.63, 3.8) is 0 Å². The molecule has 1 aliphatic carbocycles. The van der Waals surface area contributed by atoms with E-state index in [-0.39, 0.29) is 0 Å². The Balaban J connectivity index is 1.70. The molecule has 1 fully saturated rings. The molecule has 0 amide bonds. The Morgan fingerprint density at radius 1 is 0.913 bits per heavy atom. The van der Waals surface area contributed by atoms with Crippen molar-refractivity contribution >= 4 is 23.1 Å². The number of benzene rings is 2. The van der Waals surface area contributed by atoms with Crippen molar-refractivity contribution < 1.29 is 0 Å². The third-order valence-corrected chi connectivity index (χ3v) is 5.27. The summed E-state index contributed by atoms with van der Waals surface area (Å²) in [7, 11) is 0. The predicted octanol–water partition coefficient (Wildman–Crippen LogP) is 6.77. The third kappa shape index (κ3) is 3.96. The van der Waals surface area contributed by atoms with Crippen LogP contribution in [0.25, 0.3) is 11.1 Å². The first-order valence-electron chi connectivity index (χ1n) is 8.58. The molecule has 0 saturated heterocycles. The van der Waals surface area contributed by atoms with E-state index in [1.54, 1.807) is 0 Å². The van der Waals surface area contributed by atoms with Crippen LogP contribution in [0.1, 0.15) is 50.5 Å². The van der Waals surface area contributed by atoms with Crippen LogP contribution in [0.3, 0.4) is 0 Å². The summed E-state index contributed by atoms with van der Waals surface area (Å²) < 4.78 is 0. The number of thiocarbonyl (C=S) groups is 1. The summed E-state index contributed by atoms with van der Waals surface area (Å²) in [5, 5.41) is 2.40. The maximum Gasteiger partial charge on any atom is 0.0739 e. The lowest BCUT2D eigenvalue weighted by atomic mass is 9.77. The fourth-order valence-electron chi connectivity index (χ4n) is 3.63. The molecule has 0 aliphatic heterocycles. The minimum atomic E-state index is 0.756. The first-order valence-corrected chi connectivity index (χ1v) is 8.99. The topological polar surface area (TPSA) is 12.4 Å².